The molecule has 3 aromatic rings. The highest BCUT2D eigenvalue weighted by Crippen LogP contribution is 2.19. The molecule has 0 unspecified atom stereocenters. The normalized spacial score (nSPS) is 10.3. The molecule has 0 bridgehead atoms. The fraction of sp³-hybridized carbons (Fsp3) is 0. The molecule has 0 atom stereocenters. The van der Waals surface area contributed by atoms with Gasteiger partial charge < -0.3 is 10.6 Å². The monoisotopic (exact) mass is 330 g/mol. The minimum absolute atomic E-state index is 0.0497. The Morgan fingerprint density at radius 1 is 1.09 bits per heavy atom. The van der Waals surface area contributed by atoms with Crippen molar-refractivity contribution in [3.8, 4) is 5.69 Å². The third kappa shape index (κ3) is 3.67. The van der Waals surface area contributed by atoms with Gasteiger partial charge in [-0.2, -0.15) is 5.10 Å². The van der Waals surface area contributed by atoms with Crippen molar-refractivity contribution >= 4 is 29.0 Å². The van der Waals surface area contributed by atoms with Crippen LogP contribution >= 0.6 is 11.6 Å². The van der Waals surface area contributed by atoms with Crippen LogP contribution in [0.5, 0.6) is 0 Å². The van der Waals surface area contributed by atoms with Gasteiger partial charge in [-0.05, 0) is 48.5 Å². The van der Waals surface area contributed by atoms with Crippen LogP contribution in [-0.4, -0.2) is 15.8 Å². The Morgan fingerprint density at radius 3 is 2.43 bits per heavy atom. The van der Waals surface area contributed by atoms with E-state index < -0.39 is 11.8 Å². The smallest absolute Gasteiger partial charge is 0.308 e. The van der Waals surface area contributed by atoms with Crippen molar-refractivity contribution < 1.29 is 9.18 Å². The van der Waals surface area contributed by atoms with Gasteiger partial charge in [0.15, 0.2) is 0 Å². The number of carbonyl (C=O) groups excluding carboxylic acids is 1. The number of hydrogen-bond donors (Lipinski definition) is 2. The summed E-state index contributed by atoms with van der Waals surface area (Å²) < 4.78 is 14.8. The SMILES string of the molecule is O=C(Nc1ccc(-n2cccn2)cc1)Nc1ccc(F)c(Cl)c1. The Labute approximate surface area is 136 Å². The van der Waals surface area contributed by atoms with E-state index in [9.17, 15) is 9.18 Å². The van der Waals surface area contributed by atoms with Crippen molar-refractivity contribution in [2.75, 3.05) is 10.6 Å². The zero-order chi connectivity index (χ0) is 16.2. The Balaban J connectivity index is 1.64. The van der Waals surface area contributed by atoms with E-state index in [1.807, 2.05) is 24.4 Å². The van der Waals surface area contributed by atoms with E-state index in [0.717, 1.165) is 5.69 Å². The van der Waals surface area contributed by atoms with Crippen LogP contribution in [0.25, 0.3) is 5.69 Å². The molecular formula is C16H12ClFN4O. The molecule has 2 aromatic carbocycles. The van der Waals surface area contributed by atoms with Crippen LogP contribution in [0.3, 0.4) is 0 Å². The highest BCUT2D eigenvalue weighted by atomic mass is 35.5. The Hall–Kier alpha value is -2.86. The van der Waals surface area contributed by atoms with Crippen LogP contribution in [0.1, 0.15) is 0 Å². The van der Waals surface area contributed by atoms with Crippen molar-refractivity contribution in [2.45, 2.75) is 0 Å². The van der Waals surface area contributed by atoms with Crippen LogP contribution in [0.15, 0.2) is 60.9 Å². The van der Waals surface area contributed by atoms with Crippen molar-refractivity contribution in [3.63, 3.8) is 0 Å². The quantitative estimate of drug-likeness (QED) is 0.751. The lowest BCUT2D eigenvalue weighted by Gasteiger charge is -2.09. The summed E-state index contributed by atoms with van der Waals surface area (Å²) in [6.45, 7) is 0. The summed E-state index contributed by atoms with van der Waals surface area (Å²) in [4.78, 5) is 11.9. The average Bonchev–Trinajstić information content (AvgIpc) is 3.06. The van der Waals surface area contributed by atoms with Crippen molar-refractivity contribution in [1.29, 1.82) is 0 Å². The van der Waals surface area contributed by atoms with E-state index in [0.29, 0.717) is 11.4 Å². The molecule has 0 spiro atoms. The van der Waals surface area contributed by atoms with Crippen LogP contribution in [0.2, 0.25) is 5.02 Å². The number of urea groups is 1. The van der Waals surface area contributed by atoms with E-state index in [1.54, 1.807) is 23.0 Å². The highest BCUT2D eigenvalue weighted by molar-refractivity contribution is 6.31. The lowest BCUT2D eigenvalue weighted by atomic mass is 10.3. The number of anilines is 2. The molecule has 0 aliphatic carbocycles. The first kappa shape index (κ1) is 15.1. The first-order chi connectivity index (χ1) is 11.1. The van der Waals surface area contributed by atoms with Crippen LogP contribution in [-0.2, 0) is 0 Å². The first-order valence-electron chi connectivity index (χ1n) is 6.75. The molecule has 5 nitrogen and oxygen atoms in total. The van der Waals surface area contributed by atoms with Crippen molar-refractivity contribution in [3.05, 3.63) is 71.8 Å². The lowest BCUT2D eigenvalue weighted by molar-refractivity contribution is 0.262. The summed E-state index contributed by atoms with van der Waals surface area (Å²) in [5.41, 5.74) is 1.90. The number of nitrogens with zero attached hydrogens (tertiary/aromatic N) is 2. The summed E-state index contributed by atoms with van der Waals surface area (Å²) in [7, 11) is 0. The minimum atomic E-state index is -0.535. The Kier molecular flexibility index (Phi) is 4.25. The fourth-order valence-electron chi connectivity index (χ4n) is 1.99. The molecule has 116 valence electrons. The van der Waals surface area contributed by atoms with Gasteiger partial charge in [0, 0.05) is 23.8 Å². The molecule has 1 aromatic heterocycles. The molecule has 3 rings (SSSR count). The number of benzene rings is 2. The topological polar surface area (TPSA) is 59.0 Å². The van der Waals surface area contributed by atoms with E-state index >= 15 is 0 Å². The predicted molar refractivity (Wildman–Crippen MR) is 87.6 cm³/mol. The van der Waals surface area contributed by atoms with E-state index in [4.69, 9.17) is 11.6 Å². The zero-order valence-corrected chi connectivity index (χ0v) is 12.6. The molecule has 23 heavy (non-hydrogen) atoms. The van der Waals surface area contributed by atoms with E-state index in [-0.39, 0.29) is 5.02 Å². The van der Waals surface area contributed by atoms with Crippen molar-refractivity contribution in [2.24, 2.45) is 0 Å². The lowest BCUT2D eigenvalue weighted by Crippen LogP contribution is -2.19. The first-order valence-corrected chi connectivity index (χ1v) is 7.13. The molecule has 2 N–H and O–H groups in total. The number of aromatic nitrogens is 2. The molecule has 2 amide bonds. The summed E-state index contributed by atoms with van der Waals surface area (Å²) in [5, 5.41) is 9.33. The molecule has 0 radical (unpaired) electrons. The molecule has 0 saturated carbocycles. The maximum Gasteiger partial charge on any atom is 0.323 e. The highest BCUT2D eigenvalue weighted by Gasteiger charge is 2.06. The van der Waals surface area contributed by atoms with E-state index in [2.05, 4.69) is 15.7 Å². The second-order valence-electron chi connectivity index (χ2n) is 4.71. The van der Waals surface area contributed by atoms with Gasteiger partial charge in [0.25, 0.3) is 0 Å². The van der Waals surface area contributed by atoms with Gasteiger partial charge in [0.05, 0.1) is 10.7 Å². The third-order valence-corrected chi connectivity index (χ3v) is 3.36. The zero-order valence-electron chi connectivity index (χ0n) is 11.8. The summed E-state index contributed by atoms with van der Waals surface area (Å²) >= 11 is 5.67. The average molecular weight is 331 g/mol. The van der Waals surface area contributed by atoms with Gasteiger partial charge in [-0.15, -0.1) is 0 Å². The van der Waals surface area contributed by atoms with Crippen LogP contribution < -0.4 is 10.6 Å². The largest absolute Gasteiger partial charge is 0.323 e. The molecule has 7 heteroatoms. The summed E-state index contributed by atoms with van der Waals surface area (Å²) in [5.74, 6) is -0.535. The maximum atomic E-state index is 13.1. The summed E-state index contributed by atoms with van der Waals surface area (Å²) in [6.07, 6.45) is 3.51. The van der Waals surface area contributed by atoms with Gasteiger partial charge in [-0.1, -0.05) is 11.6 Å². The standard InChI is InChI=1S/C16H12ClFN4O/c17-14-10-12(4-7-15(14)18)21-16(23)20-11-2-5-13(6-3-11)22-9-1-8-19-22/h1-10H,(H2,20,21,23). The van der Waals surface area contributed by atoms with E-state index in [1.165, 1.54) is 18.2 Å². The van der Waals surface area contributed by atoms with Crippen LogP contribution in [0, 0.1) is 5.82 Å². The second-order valence-corrected chi connectivity index (χ2v) is 5.11. The number of amides is 2. The fourth-order valence-corrected chi connectivity index (χ4v) is 2.17. The Bertz CT molecular complexity index is 819. The van der Waals surface area contributed by atoms with Crippen molar-refractivity contribution in [1.82, 2.24) is 9.78 Å². The predicted octanol–water partition coefficient (Wildman–Crippen LogP) is 4.31. The number of carbonyl (C=O) groups is 1. The summed E-state index contributed by atoms with van der Waals surface area (Å²) in [6, 6.07) is 12.5. The van der Waals surface area contributed by atoms with Gasteiger partial charge in [-0.25, -0.2) is 13.9 Å². The third-order valence-electron chi connectivity index (χ3n) is 3.07. The molecule has 0 saturated heterocycles. The Morgan fingerprint density at radius 2 is 1.78 bits per heavy atom. The van der Waals surface area contributed by atoms with Gasteiger partial charge >= 0.3 is 6.03 Å². The minimum Gasteiger partial charge on any atom is -0.308 e. The molecule has 0 aliphatic heterocycles. The molecule has 0 fully saturated rings. The number of halogens is 2. The molecule has 0 aliphatic rings. The van der Waals surface area contributed by atoms with Gasteiger partial charge in [0.1, 0.15) is 5.82 Å². The van der Waals surface area contributed by atoms with Gasteiger partial charge in [-0.3, -0.25) is 0 Å². The second kappa shape index (κ2) is 6.50. The van der Waals surface area contributed by atoms with Crippen LogP contribution in [0.4, 0.5) is 20.6 Å². The number of nitrogens with one attached hydrogen (secondary N) is 2. The van der Waals surface area contributed by atoms with Gasteiger partial charge in [0.2, 0.25) is 0 Å². The number of rotatable bonds is 3. The molecule has 1 heterocycles. The number of hydrogen-bond acceptors (Lipinski definition) is 2. The molecular weight excluding hydrogens is 319 g/mol. The maximum absolute atomic E-state index is 13.1.